The quantitative estimate of drug-likeness (QED) is 0.808. The molecule has 2 heterocycles. The van der Waals surface area contributed by atoms with E-state index in [1.54, 1.807) is 0 Å². The zero-order valence-corrected chi connectivity index (χ0v) is 10.2. The van der Waals surface area contributed by atoms with Crippen LogP contribution in [0.5, 0.6) is 0 Å². The highest BCUT2D eigenvalue weighted by molar-refractivity contribution is 6.01. The number of carbonyl (C=O) groups is 2. The van der Waals surface area contributed by atoms with Crippen LogP contribution in [-0.4, -0.2) is 24.4 Å². The van der Waals surface area contributed by atoms with Crippen LogP contribution in [0, 0.1) is 0 Å². The number of benzene rings is 1. The Morgan fingerprint density at radius 2 is 2.11 bits per heavy atom. The molecule has 0 saturated carbocycles. The monoisotopic (exact) mass is 244 g/mol. The first-order valence-electron chi connectivity index (χ1n) is 6.44. The molecule has 1 atom stereocenters. The molecule has 4 nitrogen and oxygen atoms in total. The Morgan fingerprint density at radius 1 is 1.28 bits per heavy atom. The van der Waals surface area contributed by atoms with Gasteiger partial charge in [-0.1, -0.05) is 18.2 Å². The van der Waals surface area contributed by atoms with Crippen molar-refractivity contribution in [2.45, 2.75) is 31.7 Å². The van der Waals surface area contributed by atoms with Gasteiger partial charge >= 0.3 is 0 Å². The molecular formula is C14H16N2O2. The van der Waals surface area contributed by atoms with Crippen LogP contribution in [0.4, 0.5) is 5.69 Å². The molecule has 1 aromatic rings. The Morgan fingerprint density at radius 3 is 2.89 bits per heavy atom. The van der Waals surface area contributed by atoms with Gasteiger partial charge in [0, 0.05) is 18.7 Å². The summed E-state index contributed by atoms with van der Waals surface area (Å²) in [6.07, 6.45) is 3.10. The predicted octanol–water partition coefficient (Wildman–Crippen LogP) is 1.24. The third-order valence-corrected chi connectivity index (χ3v) is 3.67. The smallest absolute Gasteiger partial charge is 0.249 e. The minimum Gasteiger partial charge on any atom is -0.344 e. The minimum absolute atomic E-state index is 0.0151. The van der Waals surface area contributed by atoms with Crippen LogP contribution in [0.15, 0.2) is 24.3 Å². The molecule has 1 aromatic carbocycles. The first kappa shape index (κ1) is 11.3. The van der Waals surface area contributed by atoms with Crippen LogP contribution in [-0.2, 0) is 16.0 Å². The third kappa shape index (κ3) is 1.88. The molecule has 1 saturated heterocycles. The molecule has 18 heavy (non-hydrogen) atoms. The predicted molar refractivity (Wildman–Crippen MR) is 68.3 cm³/mol. The van der Waals surface area contributed by atoms with E-state index in [1.807, 2.05) is 23.1 Å². The average Bonchev–Trinajstić information content (AvgIpc) is 2.84. The van der Waals surface area contributed by atoms with Gasteiger partial charge < -0.3 is 10.2 Å². The average molecular weight is 244 g/mol. The lowest BCUT2D eigenvalue weighted by molar-refractivity contribution is -0.124. The van der Waals surface area contributed by atoms with Crippen LogP contribution in [0.1, 0.15) is 24.8 Å². The zero-order valence-electron chi connectivity index (χ0n) is 10.2. The number of para-hydroxylation sites is 1. The minimum atomic E-state index is -0.330. The number of fused-ring (bicyclic) bond motifs is 1. The standard InChI is InChI=1S/C14H16N2O2/c17-13-8-7-11(15-13)14(18)16-9-3-5-10-4-1-2-6-12(10)16/h1-2,4,6,11H,3,5,7-9H2,(H,15,17). The summed E-state index contributed by atoms with van der Waals surface area (Å²) < 4.78 is 0. The fraction of sp³-hybridized carbons (Fsp3) is 0.429. The highest BCUT2D eigenvalue weighted by atomic mass is 16.2. The molecule has 1 N–H and O–H groups in total. The van der Waals surface area contributed by atoms with Gasteiger partial charge in [-0.15, -0.1) is 0 Å². The van der Waals surface area contributed by atoms with Crippen molar-refractivity contribution in [2.24, 2.45) is 0 Å². The van der Waals surface area contributed by atoms with E-state index in [4.69, 9.17) is 0 Å². The van der Waals surface area contributed by atoms with Crippen molar-refractivity contribution >= 4 is 17.5 Å². The van der Waals surface area contributed by atoms with Gasteiger partial charge in [-0.05, 0) is 30.9 Å². The number of nitrogens with zero attached hydrogens (tertiary/aromatic N) is 1. The highest BCUT2D eigenvalue weighted by Gasteiger charge is 2.32. The second-order valence-corrected chi connectivity index (χ2v) is 4.88. The van der Waals surface area contributed by atoms with E-state index in [-0.39, 0.29) is 17.9 Å². The number of anilines is 1. The van der Waals surface area contributed by atoms with Gasteiger partial charge in [0.2, 0.25) is 11.8 Å². The molecule has 0 radical (unpaired) electrons. The third-order valence-electron chi connectivity index (χ3n) is 3.67. The van der Waals surface area contributed by atoms with Crippen LogP contribution in [0.25, 0.3) is 0 Å². The van der Waals surface area contributed by atoms with E-state index in [0.717, 1.165) is 25.1 Å². The lowest BCUT2D eigenvalue weighted by atomic mass is 10.0. The Hall–Kier alpha value is -1.84. The molecule has 1 unspecified atom stereocenters. The maximum Gasteiger partial charge on any atom is 0.249 e. The zero-order chi connectivity index (χ0) is 12.5. The first-order valence-corrected chi connectivity index (χ1v) is 6.44. The summed E-state index contributed by atoms with van der Waals surface area (Å²) in [6.45, 7) is 0.752. The molecule has 2 amide bonds. The Bertz CT molecular complexity index is 498. The van der Waals surface area contributed by atoms with E-state index < -0.39 is 0 Å². The SMILES string of the molecule is O=C1CCC(C(=O)N2CCCc3ccccc32)N1. The molecule has 3 rings (SSSR count). The van der Waals surface area contributed by atoms with Crippen molar-refractivity contribution in [1.82, 2.24) is 5.32 Å². The van der Waals surface area contributed by atoms with E-state index in [9.17, 15) is 9.59 Å². The summed E-state index contributed by atoms with van der Waals surface area (Å²) in [4.78, 5) is 25.5. The van der Waals surface area contributed by atoms with E-state index in [1.165, 1.54) is 5.56 Å². The molecule has 2 aliphatic heterocycles. The number of nitrogens with one attached hydrogen (secondary N) is 1. The normalized spacial score (nSPS) is 22.6. The molecule has 94 valence electrons. The first-order chi connectivity index (χ1) is 8.75. The van der Waals surface area contributed by atoms with Gasteiger partial charge in [-0.2, -0.15) is 0 Å². The van der Waals surface area contributed by atoms with Crippen LogP contribution >= 0.6 is 0 Å². The topological polar surface area (TPSA) is 49.4 Å². The van der Waals surface area contributed by atoms with Gasteiger partial charge in [0.05, 0.1) is 0 Å². The number of rotatable bonds is 1. The Kier molecular flexibility index (Phi) is 2.78. The summed E-state index contributed by atoms with van der Waals surface area (Å²) >= 11 is 0. The number of carbonyl (C=O) groups excluding carboxylic acids is 2. The second-order valence-electron chi connectivity index (χ2n) is 4.88. The Labute approximate surface area is 106 Å². The number of aryl methyl sites for hydroxylation is 1. The largest absolute Gasteiger partial charge is 0.344 e. The Balaban J connectivity index is 1.85. The van der Waals surface area contributed by atoms with Crippen molar-refractivity contribution in [1.29, 1.82) is 0 Å². The molecule has 4 heteroatoms. The maximum absolute atomic E-state index is 12.4. The van der Waals surface area contributed by atoms with Gasteiger partial charge in [-0.3, -0.25) is 9.59 Å². The van der Waals surface area contributed by atoms with Gasteiger partial charge in [0.25, 0.3) is 0 Å². The van der Waals surface area contributed by atoms with Crippen molar-refractivity contribution in [3.63, 3.8) is 0 Å². The summed E-state index contributed by atoms with van der Waals surface area (Å²) in [7, 11) is 0. The fourth-order valence-electron chi connectivity index (χ4n) is 2.75. The van der Waals surface area contributed by atoms with Crippen molar-refractivity contribution in [3.05, 3.63) is 29.8 Å². The van der Waals surface area contributed by atoms with Gasteiger partial charge in [-0.25, -0.2) is 0 Å². The lowest BCUT2D eigenvalue weighted by Gasteiger charge is -2.31. The summed E-state index contributed by atoms with van der Waals surface area (Å²) in [5, 5.41) is 2.75. The van der Waals surface area contributed by atoms with E-state index in [0.29, 0.717) is 12.8 Å². The van der Waals surface area contributed by atoms with Crippen molar-refractivity contribution in [2.75, 3.05) is 11.4 Å². The molecule has 0 aliphatic carbocycles. The molecule has 0 bridgehead atoms. The van der Waals surface area contributed by atoms with Crippen LogP contribution in [0.2, 0.25) is 0 Å². The van der Waals surface area contributed by atoms with Crippen molar-refractivity contribution < 1.29 is 9.59 Å². The number of amides is 2. The molecule has 1 fully saturated rings. The van der Waals surface area contributed by atoms with Crippen molar-refractivity contribution in [3.8, 4) is 0 Å². The number of hydrogen-bond donors (Lipinski definition) is 1. The van der Waals surface area contributed by atoms with Crippen LogP contribution < -0.4 is 10.2 Å². The summed E-state index contributed by atoms with van der Waals surface area (Å²) in [6, 6.07) is 7.69. The fourth-order valence-corrected chi connectivity index (χ4v) is 2.75. The van der Waals surface area contributed by atoms with E-state index >= 15 is 0 Å². The molecule has 0 spiro atoms. The molecular weight excluding hydrogens is 228 g/mol. The van der Waals surface area contributed by atoms with E-state index in [2.05, 4.69) is 11.4 Å². The lowest BCUT2D eigenvalue weighted by Crippen LogP contribution is -2.46. The molecule has 2 aliphatic rings. The van der Waals surface area contributed by atoms with Gasteiger partial charge in [0.1, 0.15) is 6.04 Å². The van der Waals surface area contributed by atoms with Gasteiger partial charge in [0.15, 0.2) is 0 Å². The highest BCUT2D eigenvalue weighted by Crippen LogP contribution is 2.28. The second kappa shape index (κ2) is 4.44. The summed E-state index contributed by atoms with van der Waals surface area (Å²) in [5.74, 6) is 0.0200. The maximum atomic E-state index is 12.4. The molecule has 0 aromatic heterocycles. The number of hydrogen-bond acceptors (Lipinski definition) is 2. The van der Waals surface area contributed by atoms with Crippen LogP contribution in [0.3, 0.4) is 0 Å². The summed E-state index contributed by atoms with van der Waals surface area (Å²) in [5.41, 5.74) is 2.23.